The van der Waals surface area contributed by atoms with Crippen molar-refractivity contribution in [3.63, 3.8) is 0 Å². The van der Waals surface area contributed by atoms with Crippen molar-refractivity contribution in [2.45, 2.75) is 39.3 Å². The van der Waals surface area contributed by atoms with Crippen LogP contribution < -0.4 is 10.6 Å². The molecule has 1 aromatic rings. The maximum Gasteiger partial charge on any atom is 0.0877 e. The summed E-state index contributed by atoms with van der Waals surface area (Å²) in [5, 5.41) is 0. The molecule has 21 heavy (non-hydrogen) atoms. The monoisotopic (exact) mass is 289 g/mol. The molecular weight excluding hydrogens is 262 g/mol. The second-order valence-electron chi connectivity index (χ2n) is 6.62. The molecule has 2 aliphatic heterocycles. The number of nitrogens with two attached hydrogens (primary N) is 1. The maximum absolute atomic E-state index is 6.08. The standard InChI is InChI=1S/C17H27N3O/c1-12(2)19-6-7-21-15(10-19)11-20-5-4-14-8-13(3)16(18)9-17(14)20/h8-9,12,15H,4-7,10-11,18H2,1-3H3. The maximum atomic E-state index is 6.08. The lowest BCUT2D eigenvalue weighted by Gasteiger charge is -2.37. The van der Waals surface area contributed by atoms with Crippen LogP contribution in [0.1, 0.15) is 25.0 Å². The molecular formula is C17H27N3O. The lowest BCUT2D eigenvalue weighted by atomic mass is 10.1. The predicted octanol–water partition coefficient (Wildman–Crippen LogP) is 2.05. The molecule has 4 nitrogen and oxygen atoms in total. The third kappa shape index (κ3) is 3.01. The van der Waals surface area contributed by atoms with Crippen LogP contribution in [0.25, 0.3) is 0 Å². The molecule has 0 saturated carbocycles. The van der Waals surface area contributed by atoms with E-state index in [4.69, 9.17) is 10.5 Å². The number of hydrogen-bond donors (Lipinski definition) is 1. The largest absolute Gasteiger partial charge is 0.398 e. The van der Waals surface area contributed by atoms with E-state index in [0.29, 0.717) is 12.1 Å². The van der Waals surface area contributed by atoms with Crippen LogP contribution in [0.2, 0.25) is 0 Å². The third-order valence-corrected chi connectivity index (χ3v) is 4.78. The second kappa shape index (κ2) is 5.85. The highest BCUT2D eigenvalue weighted by atomic mass is 16.5. The second-order valence-corrected chi connectivity index (χ2v) is 6.62. The lowest BCUT2D eigenvalue weighted by Crippen LogP contribution is -2.49. The summed E-state index contributed by atoms with van der Waals surface area (Å²) in [6, 6.07) is 4.98. The van der Waals surface area contributed by atoms with E-state index >= 15 is 0 Å². The minimum atomic E-state index is 0.301. The molecule has 2 N–H and O–H groups in total. The van der Waals surface area contributed by atoms with E-state index in [2.05, 4.69) is 42.7 Å². The number of hydrogen-bond acceptors (Lipinski definition) is 4. The quantitative estimate of drug-likeness (QED) is 0.865. The SMILES string of the molecule is Cc1cc2c(cc1N)N(CC1CN(C(C)C)CCO1)CC2. The van der Waals surface area contributed by atoms with Gasteiger partial charge in [-0.1, -0.05) is 6.07 Å². The van der Waals surface area contributed by atoms with Crippen LogP contribution in [0.5, 0.6) is 0 Å². The van der Waals surface area contributed by atoms with Crippen molar-refractivity contribution < 1.29 is 4.74 Å². The Labute approximate surface area is 127 Å². The summed E-state index contributed by atoms with van der Waals surface area (Å²) >= 11 is 0. The van der Waals surface area contributed by atoms with Gasteiger partial charge < -0.3 is 15.4 Å². The fraction of sp³-hybridized carbons (Fsp3) is 0.647. The average Bonchev–Trinajstić information content (AvgIpc) is 2.82. The van der Waals surface area contributed by atoms with Gasteiger partial charge in [-0.15, -0.1) is 0 Å². The molecule has 1 fully saturated rings. The van der Waals surface area contributed by atoms with E-state index in [1.165, 1.54) is 16.8 Å². The summed E-state index contributed by atoms with van der Waals surface area (Å²) in [7, 11) is 0. The molecule has 0 radical (unpaired) electrons. The van der Waals surface area contributed by atoms with E-state index in [1.54, 1.807) is 0 Å². The first-order chi connectivity index (χ1) is 10.0. The molecule has 0 amide bonds. The molecule has 1 unspecified atom stereocenters. The number of fused-ring (bicyclic) bond motifs is 1. The van der Waals surface area contributed by atoms with E-state index in [0.717, 1.165) is 44.9 Å². The van der Waals surface area contributed by atoms with Crippen molar-refractivity contribution in [2.75, 3.05) is 43.4 Å². The highest BCUT2D eigenvalue weighted by Crippen LogP contribution is 2.32. The Morgan fingerprint density at radius 3 is 2.90 bits per heavy atom. The van der Waals surface area contributed by atoms with Gasteiger partial charge in [0.05, 0.1) is 12.7 Å². The molecule has 2 heterocycles. The molecule has 1 aromatic carbocycles. The predicted molar refractivity (Wildman–Crippen MR) is 88.0 cm³/mol. The van der Waals surface area contributed by atoms with E-state index in [-0.39, 0.29) is 0 Å². The van der Waals surface area contributed by atoms with Crippen molar-refractivity contribution in [3.8, 4) is 0 Å². The summed E-state index contributed by atoms with van der Waals surface area (Å²) in [5.74, 6) is 0. The van der Waals surface area contributed by atoms with Crippen LogP contribution in [0.3, 0.4) is 0 Å². The Bertz CT molecular complexity index is 515. The first kappa shape index (κ1) is 14.7. The lowest BCUT2D eigenvalue weighted by molar-refractivity contribution is -0.0340. The highest BCUT2D eigenvalue weighted by molar-refractivity contribution is 5.67. The number of benzene rings is 1. The smallest absolute Gasteiger partial charge is 0.0877 e. The Balaban J connectivity index is 1.69. The number of anilines is 2. The number of nitrogen functional groups attached to an aromatic ring is 1. The van der Waals surface area contributed by atoms with Gasteiger partial charge in [-0.3, -0.25) is 4.90 Å². The Hall–Kier alpha value is -1.26. The molecule has 1 atom stereocenters. The number of rotatable bonds is 3. The molecule has 4 heteroatoms. The van der Waals surface area contributed by atoms with Gasteiger partial charge in [0.15, 0.2) is 0 Å². The van der Waals surface area contributed by atoms with Gasteiger partial charge >= 0.3 is 0 Å². The molecule has 0 spiro atoms. The average molecular weight is 289 g/mol. The van der Waals surface area contributed by atoms with Gasteiger partial charge in [0.1, 0.15) is 0 Å². The minimum Gasteiger partial charge on any atom is -0.398 e. The molecule has 1 saturated heterocycles. The molecule has 0 aliphatic carbocycles. The normalized spacial score (nSPS) is 22.9. The van der Waals surface area contributed by atoms with Crippen molar-refractivity contribution in [1.29, 1.82) is 0 Å². The number of ether oxygens (including phenoxy) is 1. The van der Waals surface area contributed by atoms with Crippen LogP contribution >= 0.6 is 0 Å². The summed E-state index contributed by atoms with van der Waals surface area (Å²) in [6.07, 6.45) is 1.42. The summed E-state index contributed by atoms with van der Waals surface area (Å²) in [4.78, 5) is 4.95. The van der Waals surface area contributed by atoms with Gasteiger partial charge in [-0.05, 0) is 44.4 Å². The van der Waals surface area contributed by atoms with Crippen LogP contribution in [0, 0.1) is 6.92 Å². The zero-order valence-corrected chi connectivity index (χ0v) is 13.4. The zero-order chi connectivity index (χ0) is 15.0. The van der Waals surface area contributed by atoms with Crippen LogP contribution in [0.4, 0.5) is 11.4 Å². The summed E-state index contributed by atoms with van der Waals surface area (Å²) in [5.41, 5.74) is 10.9. The van der Waals surface area contributed by atoms with E-state index < -0.39 is 0 Å². The minimum absolute atomic E-state index is 0.301. The fourth-order valence-electron chi connectivity index (χ4n) is 3.40. The molecule has 116 valence electrons. The Morgan fingerprint density at radius 2 is 2.14 bits per heavy atom. The fourth-order valence-corrected chi connectivity index (χ4v) is 3.40. The molecule has 2 aliphatic rings. The molecule has 0 bridgehead atoms. The topological polar surface area (TPSA) is 41.7 Å². The zero-order valence-electron chi connectivity index (χ0n) is 13.4. The number of morpholine rings is 1. The Morgan fingerprint density at radius 1 is 1.33 bits per heavy atom. The van der Waals surface area contributed by atoms with Crippen molar-refractivity contribution in [1.82, 2.24) is 4.90 Å². The molecule has 0 aromatic heterocycles. The molecule has 3 rings (SSSR count). The van der Waals surface area contributed by atoms with Crippen LogP contribution in [0.15, 0.2) is 12.1 Å². The van der Waals surface area contributed by atoms with Gasteiger partial charge in [-0.25, -0.2) is 0 Å². The third-order valence-electron chi connectivity index (χ3n) is 4.78. The summed E-state index contributed by atoms with van der Waals surface area (Å²) < 4.78 is 5.97. The van der Waals surface area contributed by atoms with Crippen LogP contribution in [-0.2, 0) is 11.2 Å². The van der Waals surface area contributed by atoms with Crippen molar-refractivity contribution in [2.24, 2.45) is 0 Å². The van der Waals surface area contributed by atoms with Gasteiger partial charge in [0.2, 0.25) is 0 Å². The first-order valence-electron chi connectivity index (χ1n) is 8.04. The highest BCUT2D eigenvalue weighted by Gasteiger charge is 2.27. The van der Waals surface area contributed by atoms with E-state index in [9.17, 15) is 0 Å². The van der Waals surface area contributed by atoms with Gasteiger partial charge in [0, 0.05) is 43.6 Å². The van der Waals surface area contributed by atoms with Gasteiger partial charge in [0.25, 0.3) is 0 Å². The first-order valence-corrected chi connectivity index (χ1v) is 8.04. The number of nitrogens with zero attached hydrogens (tertiary/aromatic N) is 2. The Kier molecular flexibility index (Phi) is 4.09. The van der Waals surface area contributed by atoms with Crippen molar-refractivity contribution >= 4 is 11.4 Å². The van der Waals surface area contributed by atoms with E-state index in [1.807, 2.05) is 0 Å². The summed E-state index contributed by atoms with van der Waals surface area (Å²) in [6.45, 7) is 11.6. The van der Waals surface area contributed by atoms with Crippen LogP contribution in [-0.4, -0.2) is 49.8 Å². The van der Waals surface area contributed by atoms with Gasteiger partial charge in [-0.2, -0.15) is 0 Å². The number of aryl methyl sites for hydroxylation is 1. The van der Waals surface area contributed by atoms with Crippen molar-refractivity contribution in [3.05, 3.63) is 23.3 Å².